The summed E-state index contributed by atoms with van der Waals surface area (Å²) in [6.07, 6.45) is 1.81. The molecule has 1 amide bonds. The number of ether oxygens (including phenoxy) is 1. The van der Waals surface area contributed by atoms with Crippen molar-refractivity contribution in [2.24, 2.45) is 5.73 Å². The summed E-state index contributed by atoms with van der Waals surface area (Å²) in [6, 6.07) is 7.65. The lowest BCUT2D eigenvalue weighted by Gasteiger charge is -2.15. The quantitative estimate of drug-likeness (QED) is 0.803. The van der Waals surface area contributed by atoms with Crippen molar-refractivity contribution in [1.82, 2.24) is 5.32 Å². The first-order valence-electron chi connectivity index (χ1n) is 6.22. The standard InChI is InChI=1S/C14H22N2O2/c1-10(16-14(17)11(2)15)4-5-12-6-8-13(18-3)9-7-12/h6-11H,4-5,15H2,1-3H3,(H,16,17)/t10?,11-/m0/s1. The summed E-state index contributed by atoms with van der Waals surface area (Å²) >= 11 is 0. The third-order valence-corrected chi connectivity index (χ3v) is 2.83. The fourth-order valence-corrected chi connectivity index (χ4v) is 1.62. The SMILES string of the molecule is COc1ccc(CCC(C)NC(=O)[C@H](C)N)cc1. The predicted octanol–water partition coefficient (Wildman–Crippen LogP) is 1.48. The largest absolute Gasteiger partial charge is 0.497 e. The second kappa shape index (κ2) is 7.01. The lowest BCUT2D eigenvalue weighted by Crippen LogP contribution is -2.42. The van der Waals surface area contributed by atoms with E-state index >= 15 is 0 Å². The van der Waals surface area contributed by atoms with Gasteiger partial charge in [0.15, 0.2) is 0 Å². The number of carbonyl (C=O) groups is 1. The van der Waals surface area contributed by atoms with Crippen molar-refractivity contribution in [2.75, 3.05) is 7.11 Å². The number of methoxy groups -OCH3 is 1. The lowest BCUT2D eigenvalue weighted by molar-refractivity contribution is -0.122. The molecule has 0 aromatic heterocycles. The molecule has 0 fully saturated rings. The van der Waals surface area contributed by atoms with E-state index in [1.54, 1.807) is 14.0 Å². The van der Waals surface area contributed by atoms with Gasteiger partial charge in [0.1, 0.15) is 5.75 Å². The van der Waals surface area contributed by atoms with Crippen LogP contribution in [0, 0.1) is 0 Å². The Labute approximate surface area is 109 Å². The number of hydrogen-bond donors (Lipinski definition) is 2. The van der Waals surface area contributed by atoms with E-state index in [0.29, 0.717) is 0 Å². The summed E-state index contributed by atoms with van der Waals surface area (Å²) in [5.74, 6) is 0.759. The molecule has 0 radical (unpaired) electrons. The van der Waals surface area contributed by atoms with Gasteiger partial charge in [-0.15, -0.1) is 0 Å². The highest BCUT2D eigenvalue weighted by molar-refractivity contribution is 5.81. The van der Waals surface area contributed by atoms with E-state index in [-0.39, 0.29) is 11.9 Å². The van der Waals surface area contributed by atoms with Crippen LogP contribution in [0.2, 0.25) is 0 Å². The van der Waals surface area contributed by atoms with Crippen LogP contribution in [0.1, 0.15) is 25.8 Å². The van der Waals surface area contributed by atoms with E-state index in [9.17, 15) is 4.79 Å². The van der Waals surface area contributed by atoms with Gasteiger partial charge in [-0.1, -0.05) is 12.1 Å². The topological polar surface area (TPSA) is 64.3 Å². The van der Waals surface area contributed by atoms with Crippen molar-refractivity contribution in [3.05, 3.63) is 29.8 Å². The number of benzene rings is 1. The zero-order valence-electron chi connectivity index (χ0n) is 11.3. The molecule has 100 valence electrons. The van der Waals surface area contributed by atoms with Gasteiger partial charge in [-0.3, -0.25) is 4.79 Å². The Kier molecular flexibility index (Phi) is 5.65. The van der Waals surface area contributed by atoms with Crippen LogP contribution in [0.3, 0.4) is 0 Å². The second-order valence-corrected chi connectivity index (χ2v) is 4.59. The predicted molar refractivity (Wildman–Crippen MR) is 72.6 cm³/mol. The number of aryl methyl sites for hydroxylation is 1. The van der Waals surface area contributed by atoms with Crippen LogP contribution >= 0.6 is 0 Å². The number of nitrogens with two attached hydrogens (primary N) is 1. The fourth-order valence-electron chi connectivity index (χ4n) is 1.62. The third-order valence-electron chi connectivity index (χ3n) is 2.83. The average Bonchev–Trinajstić information content (AvgIpc) is 2.36. The minimum Gasteiger partial charge on any atom is -0.497 e. The molecule has 0 aliphatic heterocycles. The van der Waals surface area contributed by atoms with Crippen LogP contribution in [0.25, 0.3) is 0 Å². The summed E-state index contributed by atoms with van der Waals surface area (Å²) in [6.45, 7) is 3.68. The van der Waals surface area contributed by atoms with Crippen molar-refractivity contribution in [3.8, 4) is 5.75 Å². The Morgan fingerprint density at radius 3 is 2.44 bits per heavy atom. The molecule has 3 N–H and O–H groups in total. The molecular weight excluding hydrogens is 228 g/mol. The normalized spacial score (nSPS) is 13.8. The molecule has 0 saturated heterocycles. The minimum absolute atomic E-state index is 0.0998. The van der Waals surface area contributed by atoms with Crippen LogP contribution in [-0.4, -0.2) is 25.1 Å². The Morgan fingerprint density at radius 2 is 1.94 bits per heavy atom. The van der Waals surface area contributed by atoms with Gasteiger partial charge in [0.05, 0.1) is 13.2 Å². The maximum absolute atomic E-state index is 11.4. The van der Waals surface area contributed by atoms with Crippen molar-refractivity contribution in [1.29, 1.82) is 0 Å². The van der Waals surface area contributed by atoms with E-state index < -0.39 is 6.04 Å². The van der Waals surface area contributed by atoms with Crippen molar-refractivity contribution < 1.29 is 9.53 Å². The van der Waals surface area contributed by atoms with Crippen LogP contribution in [0.5, 0.6) is 5.75 Å². The molecule has 0 heterocycles. The summed E-state index contributed by atoms with van der Waals surface area (Å²) in [5, 5.41) is 2.88. The lowest BCUT2D eigenvalue weighted by atomic mass is 10.1. The molecular formula is C14H22N2O2. The van der Waals surface area contributed by atoms with Crippen molar-refractivity contribution in [3.63, 3.8) is 0 Å². The van der Waals surface area contributed by atoms with Gasteiger partial charge >= 0.3 is 0 Å². The first-order chi connectivity index (χ1) is 8.52. The number of rotatable bonds is 6. The molecule has 1 unspecified atom stereocenters. The Hall–Kier alpha value is -1.55. The fraction of sp³-hybridized carbons (Fsp3) is 0.500. The molecule has 2 atom stereocenters. The number of nitrogens with one attached hydrogen (secondary N) is 1. The summed E-state index contributed by atoms with van der Waals surface area (Å²) in [7, 11) is 1.65. The smallest absolute Gasteiger partial charge is 0.236 e. The van der Waals surface area contributed by atoms with Gasteiger partial charge in [-0.2, -0.15) is 0 Å². The van der Waals surface area contributed by atoms with Crippen molar-refractivity contribution >= 4 is 5.91 Å². The average molecular weight is 250 g/mol. The van der Waals surface area contributed by atoms with Gasteiger partial charge in [0.25, 0.3) is 0 Å². The molecule has 0 saturated carbocycles. The van der Waals surface area contributed by atoms with E-state index in [1.807, 2.05) is 31.2 Å². The minimum atomic E-state index is -0.451. The molecule has 0 bridgehead atoms. The Morgan fingerprint density at radius 1 is 1.33 bits per heavy atom. The van der Waals surface area contributed by atoms with Crippen LogP contribution in [0.4, 0.5) is 0 Å². The van der Waals surface area contributed by atoms with Crippen LogP contribution in [-0.2, 0) is 11.2 Å². The molecule has 0 aliphatic rings. The van der Waals surface area contributed by atoms with E-state index in [4.69, 9.17) is 10.5 Å². The highest BCUT2D eigenvalue weighted by Crippen LogP contribution is 2.13. The molecule has 0 spiro atoms. The van der Waals surface area contributed by atoms with Crippen molar-refractivity contribution in [2.45, 2.75) is 38.8 Å². The maximum Gasteiger partial charge on any atom is 0.236 e. The second-order valence-electron chi connectivity index (χ2n) is 4.59. The van der Waals surface area contributed by atoms with E-state index in [0.717, 1.165) is 18.6 Å². The molecule has 18 heavy (non-hydrogen) atoms. The first-order valence-corrected chi connectivity index (χ1v) is 6.22. The zero-order chi connectivity index (χ0) is 13.5. The number of hydrogen-bond acceptors (Lipinski definition) is 3. The van der Waals surface area contributed by atoms with E-state index in [1.165, 1.54) is 5.56 Å². The van der Waals surface area contributed by atoms with Crippen LogP contribution in [0.15, 0.2) is 24.3 Å². The van der Waals surface area contributed by atoms with Gasteiger partial charge < -0.3 is 15.8 Å². The zero-order valence-corrected chi connectivity index (χ0v) is 11.3. The van der Waals surface area contributed by atoms with Gasteiger partial charge in [0.2, 0.25) is 5.91 Å². The van der Waals surface area contributed by atoms with Gasteiger partial charge in [-0.05, 0) is 44.4 Å². The number of amides is 1. The maximum atomic E-state index is 11.4. The summed E-state index contributed by atoms with van der Waals surface area (Å²) in [4.78, 5) is 11.4. The van der Waals surface area contributed by atoms with Gasteiger partial charge in [0, 0.05) is 6.04 Å². The third kappa shape index (κ3) is 4.75. The number of carbonyl (C=O) groups excluding carboxylic acids is 1. The molecule has 4 nitrogen and oxygen atoms in total. The Balaban J connectivity index is 2.37. The monoisotopic (exact) mass is 250 g/mol. The Bertz CT molecular complexity index is 374. The highest BCUT2D eigenvalue weighted by Gasteiger charge is 2.10. The van der Waals surface area contributed by atoms with E-state index in [2.05, 4.69) is 5.32 Å². The molecule has 4 heteroatoms. The van der Waals surface area contributed by atoms with Gasteiger partial charge in [-0.25, -0.2) is 0 Å². The summed E-state index contributed by atoms with van der Waals surface area (Å²) < 4.78 is 5.10. The molecule has 1 rings (SSSR count). The first kappa shape index (κ1) is 14.5. The highest BCUT2D eigenvalue weighted by atomic mass is 16.5. The molecule has 1 aromatic carbocycles. The summed E-state index contributed by atoms with van der Waals surface area (Å²) in [5.41, 5.74) is 6.73. The molecule has 0 aliphatic carbocycles. The molecule has 1 aromatic rings. The van der Waals surface area contributed by atoms with Crippen LogP contribution < -0.4 is 15.8 Å².